The molecule has 0 bridgehead atoms. The van der Waals surface area contributed by atoms with E-state index in [0.29, 0.717) is 40.1 Å². The zero-order chi connectivity index (χ0) is 27.3. The number of methoxy groups -OCH3 is 4. The summed E-state index contributed by atoms with van der Waals surface area (Å²) in [5.41, 5.74) is 0.629. The van der Waals surface area contributed by atoms with Crippen molar-refractivity contribution in [2.45, 2.75) is 19.9 Å². The van der Waals surface area contributed by atoms with E-state index in [4.69, 9.17) is 30.5 Å². The Labute approximate surface area is 222 Å². The van der Waals surface area contributed by atoms with Gasteiger partial charge in [-0.2, -0.15) is 0 Å². The largest absolute Gasteiger partial charge is 0.507 e. The summed E-state index contributed by atoms with van der Waals surface area (Å²) in [6, 6.07) is 7.10. The van der Waals surface area contributed by atoms with E-state index in [2.05, 4.69) is 4.90 Å². The molecule has 1 fully saturated rings. The monoisotopic (exact) mass is 532 g/mol. The Morgan fingerprint density at radius 1 is 0.946 bits per heavy atom. The van der Waals surface area contributed by atoms with Gasteiger partial charge in [0.15, 0.2) is 11.5 Å². The number of rotatable bonds is 11. The molecule has 1 heterocycles. The van der Waals surface area contributed by atoms with Crippen LogP contribution < -0.4 is 18.9 Å². The van der Waals surface area contributed by atoms with Gasteiger partial charge in [-0.15, -0.1) is 0 Å². The van der Waals surface area contributed by atoms with Gasteiger partial charge in [0, 0.05) is 18.1 Å². The number of benzene rings is 2. The van der Waals surface area contributed by atoms with E-state index < -0.39 is 17.7 Å². The predicted molar refractivity (Wildman–Crippen MR) is 141 cm³/mol. The van der Waals surface area contributed by atoms with E-state index >= 15 is 0 Å². The van der Waals surface area contributed by atoms with Gasteiger partial charge in [0.1, 0.15) is 11.5 Å². The molecule has 0 spiro atoms. The van der Waals surface area contributed by atoms with E-state index in [1.165, 1.54) is 39.4 Å². The van der Waals surface area contributed by atoms with Gasteiger partial charge in [0.25, 0.3) is 11.7 Å². The number of amides is 1. The van der Waals surface area contributed by atoms with Crippen LogP contribution in [0.15, 0.2) is 35.9 Å². The Morgan fingerprint density at radius 3 is 2.05 bits per heavy atom. The van der Waals surface area contributed by atoms with Gasteiger partial charge >= 0.3 is 0 Å². The number of ketones is 1. The highest BCUT2D eigenvalue weighted by molar-refractivity contribution is 6.46. The van der Waals surface area contributed by atoms with E-state index in [9.17, 15) is 14.7 Å². The molecule has 1 N–H and O–H groups in total. The Kier molecular flexibility index (Phi) is 9.29. The smallest absolute Gasteiger partial charge is 0.295 e. The molecular weight excluding hydrogens is 500 g/mol. The second-order valence-electron chi connectivity index (χ2n) is 8.32. The van der Waals surface area contributed by atoms with E-state index in [1.54, 1.807) is 24.3 Å². The Morgan fingerprint density at radius 2 is 1.54 bits per heavy atom. The quantitative estimate of drug-likeness (QED) is 0.262. The summed E-state index contributed by atoms with van der Waals surface area (Å²) in [4.78, 5) is 30.4. The van der Waals surface area contributed by atoms with Crippen LogP contribution in [0.1, 0.15) is 31.0 Å². The molecular formula is C27H33ClN2O7. The lowest BCUT2D eigenvalue weighted by Gasteiger charge is -2.29. The summed E-state index contributed by atoms with van der Waals surface area (Å²) >= 11 is 6.20. The maximum absolute atomic E-state index is 13.4. The van der Waals surface area contributed by atoms with Crippen molar-refractivity contribution in [2.24, 2.45) is 0 Å². The van der Waals surface area contributed by atoms with E-state index in [0.717, 1.165) is 13.1 Å². The van der Waals surface area contributed by atoms with Crippen LogP contribution in [0.25, 0.3) is 5.76 Å². The molecule has 0 aromatic heterocycles. The predicted octanol–water partition coefficient (Wildman–Crippen LogP) is 4.14. The molecule has 37 heavy (non-hydrogen) atoms. The van der Waals surface area contributed by atoms with Gasteiger partial charge in [-0.05, 0) is 49.0 Å². The molecule has 10 heteroatoms. The Bertz CT molecular complexity index is 1170. The van der Waals surface area contributed by atoms with E-state index in [1.807, 2.05) is 13.8 Å². The highest BCUT2D eigenvalue weighted by atomic mass is 35.5. The number of carbonyl (C=O) groups excluding carboxylic acids is 2. The van der Waals surface area contributed by atoms with Crippen molar-refractivity contribution in [1.82, 2.24) is 9.80 Å². The lowest BCUT2D eigenvalue weighted by molar-refractivity contribution is -0.140. The molecule has 1 aliphatic heterocycles. The Hall–Kier alpha value is -3.43. The van der Waals surface area contributed by atoms with Crippen LogP contribution in [0.2, 0.25) is 5.02 Å². The van der Waals surface area contributed by atoms with Crippen LogP contribution in [0.5, 0.6) is 23.0 Å². The number of hydrogen-bond donors (Lipinski definition) is 1. The fourth-order valence-corrected chi connectivity index (χ4v) is 4.69. The summed E-state index contributed by atoms with van der Waals surface area (Å²) in [6.45, 7) is 6.43. The molecule has 0 radical (unpaired) electrons. The zero-order valence-electron chi connectivity index (χ0n) is 22.0. The lowest BCUT2D eigenvalue weighted by atomic mass is 9.94. The van der Waals surface area contributed by atoms with Crippen molar-refractivity contribution in [3.63, 3.8) is 0 Å². The molecule has 0 aliphatic carbocycles. The zero-order valence-corrected chi connectivity index (χ0v) is 22.7. The number of hydrogen-bond acceptors (Lipinski definition) is 8. The highest BCUT2D eigenvalue weighted by Gasteiger charge is 2.46. The van der Waals surface area contributed by atoms with Crippen LogP contribution in [0, 0.1) is 0 Å². The molecule has 0 saturated carbocycles. The first-order valence-electron chi connectivity index (χ1n) is 11.9. The van der Waals surface area contributed by atoms with Gasteiger partial charge < -0.3 is 33.9 Å². The first kappa shape index (κ1) is 28.1. The maximum atomic E-state index is 13.4. The van der Waals surface area contributed by atoms with Gasteiger partial charge in [-0.1, -0.05) is 25.4 Å². The third kappa shape index (κ3) is 5.47. The van der Waals surface area contributed by atoms with Crippen LogP contribution in [-0.4, -0.2) is 81.2 Å². The first-order chi connectivity index (χ1) is 17.8. The highest BCUT2D eigenvalue weighted by Crippen LogP contribution is 2.46. The molecule has 1 unspecified atom stereocenters. The maximum Gasteiger partial charge on any atom is 0.295 e. The van der Waals surface area contributed by atoms with Gasteiger partial charge in [-0.3, -0.25) is 9.59 Å². The minimum absolute atomic E-state index is 0.0839. The molecule has 2 aromatic rings. The van der Waals surface area contributed by atoms with Crippen LogP contribution in [0.3, 0.4) is 0 Å². The molecule has 9 nitrogen and oxygen atoms in total. The van der Waals surface area contributed by atoms with Crippen molar-refractivity contribution in [2.75, 3.05) is 54.6 Å². The van der Waals surface area contributed by atoms with Crippen LogP contribution in [-0.2, 0) is 9.59 Å². The standard InChI is InChI=1S/C27H33ClN2O7/c1-7-29(8-2)11-12-30-23(16-13-20(35-4)26(37-6)21(14-16)36-5)22(25(32)27(30)33)24(31)18-15-17(28)9-10-19(18)34-3/h9-10,13-15,23,31H,7-8,11-12H2,1-6H3/b24-22+. The van der Waals surface area contributed by atoms with Gasteiger partial charge in [0.05, 0.1) is 45.6 Å². The summed E-state index contributed by atoms with van der Waals surface area (Å²) in [6.07, 6.45) is 0. The third-order valence-electron chi connectivity index (χ3n) is 6.51. The van der Waals surface area contributed by atoms with Crippen LogP contribution in [0.4, 0.5) is 0 Å². The van der Waals surface area contributed by atoms with Crippen molar-refractivity contribution in [3.05, 3.63) is 52.1 Å². The molecule has 3 rings (SSSR count). The number of aliphatic hydroxyl groups excluding tert-OH is 1. The average molecular weight is 533 g/mol. The summed E-state index contributed by atoms with van der Waals surface area (Å²) < 4.78 is 21.9. The molecule has 1 aliphatic rings. The van der Waals surface area contributed by atoms with Gasteiger partial charge in [-0.25, -0.2) is 0 Å². The summed E-state index contributed by atoms with van der Waals surface area (Å²) in [7, 11) is 5.89. The number of nitrogens with zero attached hydrogens (tertiary/aromatic N) is 2. The molecule has 1 saturated heterocycles. The van der Waals surface area contributed by atoms with Gasteiger partial charge in [0.2, 0.25) is 5.75 Å². The van der Waals surface area contributed by atoms with E-state index in [-0.39, 0.29) is 23.4 Å². The van der Waals surface area contributed by atoms with Crippen molar-refractivity contribution < 1.29 is 33.6 Å². The number of Topliss-reactive ketones (excluding diaryl/α,β-unsaturated/α-hetero) is 1. The number of ether oxygens (including phenoxy) is 4. The molecule has 2 aromatic carbocycles. The average Bonchev–Trinajstić information content (AvgIpc) is 3.17. The number of likely N-dealkylation sites (tertiary alicyclic amines) is 1. The van der Waals surface area contributed by atoms with Crippen LogP contribution >= 0.6 is 11.6 Å². The number of likely N-dealkylation sites (N-methyl/N-ethyl adjacent to an activating group) is 1. The number of halogens is 1. The van der Waals surface area contributed by atoms with Crippen molar-refractivity contribution >= 4 is 29.1 Å². The second-order valence-corrected chi connectivity index (χ2v) is 8.76. The third-order valence-corrected chi connectivity index (χ3v) is 6.75. The topological polar surface area (TPSA) is 97.8 Å². The SMILES string of the molecule is CCN(CC)CCN1C(=O)C(=O)/C(=C(/O)c2cc(Cl)ccc2OC)C1c1cc(OC)c(OC)c(OC)c1. The second kappa shape index (κ2) is 12.2. The molecule has 1 amide bonds. The first-order valence-corrected chi connectivity index (χ1v) is 12.3. The fourth-order valence-electron chi connectivity index (χ4n) is 4.52. The minimum atomic E-state index is -0.923. The summed E-state index contributed by atoms with van der Waals surface area (Å²) in [5.74, 6) is -0.531. The number of carbonyl (C=O) groups is 2. The lowest BCUT2D eigenvalue weighted by Crippen LogP contribution is -2.38. The summed E-state index contributed by atoms with van der Waals surface area (Å²) in [5, 5.41) is 11.8. The van der Waals surface area contributed by atoms with Crippen molar-refractivity contribution in [1.29, 1.82) is 0 Å². The number of aliphatic hydroxyl groups is 1. The molecule has 200 valence electrons. The van der Waals surface area contributed by atoms with Crippen molar-refractivity contribution in [3.8, 4) is 23.0 Å². The minimum Gasteiger partial charge on any atom is -0.507 e. The normalized spacial score (nSPS) is 16.9. The fraction of sp³-hybridized carbons (Fsp3) is 0.407. The molecule has 1 atom stereocenters. The Balaban J connectivity index is 2.28.